The third-order valence-corrected chi connectivity index (χ3v) is 8.72. The average molecular weight is 689 g/mol. The number of hydrogen-bond donors (Lipinski definition) is 5. The Balaban J connectivity index is 2.46. The molecular weight excluding hydrogens is 627 g/mol. The molecule has 0 aliphatic heterocycles. The van der Waals surface area contributed by atoms with E-state index >= 15 is 0 Å². The van der Waals surface area contributed by atoms with Crippen molar-refractivity contribution in [3.63, 3.8) is 0 Å². The van der Waals surface area contributed by atoms with E-state index in [0.29, 0.717) is 19.3 Å². The molecule has 0 spiro atoms. The summed E-state index contributed by atoms with van der Waals surface area (Å²) in [6, 6.07) is 0. The third-order valence-electron chi connectivity index (χ3n) is 8.23. The fourth-order valence-corrected chi connectivity index (χ4v) is 5.86. The summed E-state index contributed by atoms with van der Waals surface area (Å²) in [5.74, 6) is -1.80. The number of unbranched alkanes of at least 4 members (excludes halogenated alkanes) is 9. The molecule has 0 heterocycles. The number of aliphatic hydroxyl groups is 3. The fraction of sp³-hybridized carbons (Fsp3) is 0.771. The molecule has 6 atom stereocenters. The first-order chi connectivity index (χ1) is 22.5. The second kappa shape index (κ2) is 26.1. The van der Waals surface area contributed by atoms with Crippen LogP contribution in [0.15, 0.2) is 36.5 Å². The summed E-state index contributed by atoms with van der Waals surface area (Å²) in [6.45, 7) is 3.21. The van der Waals surface area contributed by atoms with Crippen LogP contribution < -0.4 is 0 Å². The predicted molar refractivity (Wildman–Crippen MR) is 181 cm³/mol. The van der Waals surface area contributed by atoms with Crippen molar-refractivity contribution >= 4 is 19.8 Å². The molecular formula is C35H61O11P. The number of carbonyl (C=O) groups excluding carboxylic acids is 2. The highest BCUT2D eigenvalue weighted by atomic mass is 31.2. The summed E-state index contributed by atoms with van der Waals surface area (Å²) in [5, 5.41) is 31.1. The number of hydrogen-bond acceptors (Lipinski definition) is 9. The first kappa shape index (κ1) is 43.2. The second-order valence-electron chi connectivity index (χ2n) is 12.5. The summed E-state index contributed by atoms with van der Waals surface area (Å²) in [4.78, 5) is 42.8. The van der Waals surface area contributed by atoms with Crippen molar-refractivity contribution in [3.05, 3.63) is 36.5 Å². The number of carbonyl (C=O) groups is 2. The van der Waals surface area contributed by atoms with Gasteiger partial charge >= 0.3 is 19.8 Å². The van der Waals surface area contributed by atoms with Gasteiger partial charge in [-0.05, 0) is 44.4 Å². The molecule has 0 aromatic heterocycles. The normalized spacial score (nSPS) is 21.6. The maximum atomic E-state index is 12.3. The Bertz CT molecular complexity index is 977. The van der Waals surface area contributed by atoms with E-state index in [4.69, 9.17) is 19.3 Å². The Hall–Kier alpha value is -1.85. The van der Waals surface area contributed by atoms with Crippen molar-refractivity contribution in [2.24, 2.45) is 11.8 Å². The largest absolute Gasteiger partial charge is 0.469 e. The van der Waals surface area contributed by atoms with Gasteiger partial charge in [0.1, 0.15) is 6.61 Å². The number of esters is 2. The van der Waals surface area contributed by atoms with E-state index in [-0.39, 0.29) is 31.1 Å². The maximum absolute atomic E-state index is 12.3. The highest BCUT2D eigenvalue weighted by Gasteiger charge is 2.39. The number of rotatable bonds is 27. The van der Waals surface area contributed by atoms with Gasteiger partial charge in [0.15, 0.2) is 6.10 Å². The zero-order valence-corrected chi connectivity index (χ0v) is 29.4. The minimum absolute atomic E-state index is 0.115. The number of ether oxygens (including phenoxy) is 2. The van der Waals surface area contributed by atoms with Crippen molar-refractivity contribution in [1.29, 1.82) is 0 Å². The van der Waals surface area contributed by atoms with Gasteiger partial charge in [-0.2, -0.15) is 0 Å². The lowest BCUT2D eigenvalue weighted by molar-refractivity contribution is -0.160. The molecule has 272 valence electrons. The van der Waals surface area contributed by atoms with Gasteiger partial charge in [-0.3, -0.25) is 14.1 Å². The lowest BCUT2D eigenvalue weighted by Gasteiger charge is -2.19. The Morgan fingerprint density at radius 3 is 2.21 bits per heavy atom. The van der Waals surface area contributed by atoms with E-state index in [0.717, 1.165) is 57.8 Å². The van der Waals surface area contributed by atoms with Crippen LogP contribution in [-0.2, 0) is 28.2 Å². The molecule has 1 aliphatic rings. The van der Waals surface area contributed by atoms with Crippen LogP contribution in [0.2, 0.25) is 0 Å². The number of phosphoric acid groups is 1. The van der Waals surface area contributed by atoms with Crippen LogP contribution in [0.4, 0.5) is 0 Å². The Morgan fingerprint density at radius 2 is 1.51 bits per heavy atom. The zero-order valence-electron chi connectivity index (χ0n) is 28.5. The smallest absolute Gasteiger partial charge is 0.461 e. The molecule has 0 aromatic rings. The fourth-order valence-electron chi connectivity index (χ4n) is 5.50. The van der Waals surface area contributed by atoms with Crippen molar-refractivity contribution in [1.82, 2.24) is 0 Å². The Kier molecular flexibility index (Phi) is 23.9. The van der Waals surface area contributed by atoms with Crippen LogP contribution in [0.3, 0.4) is 0 Å². The molecule has 1 saturated carbocycles. The summed E-state index contributed by atoms with van der Waals surface area (Å²) in [5.41, 5.74) is 0. The average Bonchev–Trinajstić information content (AvgIpc) is 3.29. The van der Waals surface area contributed by atoms with Crippen LogP contribution in [0.25, 0.3) is 0 Å². The van der Waals surface area contributed by atoms with Gasteiger partial charge in [0.25, 0.3) is 0 Å². The quantitative estimate of drug-likeness (QED) is 0.0286. The van der Waals surface area contributed by atoms with Gasteiger partial charge < -0.3 is 34.6 Å². The summed E-state index contributed by atoms with van der Waals surface area (Å²) < 4.78 is 26.2. The monoisotopic (exact) mass is 688 g/mol. The SMILES string of the molecule is CCCC/C=C\CCCCCCCC(=O)O[C@H](COC(=O)C/C=C\C[C@H]1[C@@H](/C=C/[C@H](O)CCCCC)[C@H](O)C[C@@H]1O)COP(=O)(O)O. The molecule has 0 bridgehead atoms. The highest BCUT2D eigenvalue weighted by Crippen LogP contribution is 2.37. The van der Waals surface area contributed by atoms with Gasteiger partial charge in [0, 0.05) is 18.8 Å². The van der Waals surface area contributed by atoms with E-state index in [2.05, 4.69) is 30.5 Å². The van der Waals surface area contributed by atoms with Crippen molar-refractivity contribution in [2.45, 2.75) is 147 Å². The molecule has 5 N–H and O–H groups in total. The lowest BCUT2D eigenvalue weighted by atomic mass is 9.89. The van der Waals surface area contributed by atoms with Gasteiger partial charge in [0.2, 0.25) is 0 Å². The summed E-state index contributed by atoms with van der Waals surface area (Å²) in [6.07, 6.45) is 21.5. The molecule has 0 radical (unpaired) electrons. The van der Waals surface area contributed by atoms with Crippen LogP contribution in [0.1, 0.15) is 123 Å². The molecule has 0 unspecified atom stereocenters. The predicted octanol–water partition coefficient (Wildman–Crippen LogP) is 6.22. The topological polar surface area (TPSA) is 180 Å². The summed E-state index contributed by atoms with van der Waals surface area (Å²) >= 11 is 0. The molecule has 0 amide bonds. The van der Waals surface area contributed by atoms with Crippen LogP contribution >= 0.6 is 7.82 Å². The van der Waals surface area contributed by atoms with E-state index < -0.39 is 57.4 Å². The highest BCUT2D eigenvalue weighted by molar-refractivity contribution is 7.46. The molecule has 47 heavy (non-hydrogen) atoms. The molecule has 0 aromatic carbocycles. The third kappa shape index (κ3) is 22.4. The molecule has 11 nitrogen and oxygen atoms in total. The van der Waals surface area contributed by atoms with Crippen molar-refractivity contribution in [2.75, 3.05) is 13.2 Å². The van der Waals surface area contributed by atoms with Crippen molar-refractivity contribution < 1.29 is 53.3 Å². The van der Waals surface area contributed by atoms with E-state index in [1.54, 1.807) is 24.3 Å². The van der Waals surface area contributed by atoms with Gasteiger partial charge in [-0.25, -0.2) is 4.57 Å². The van der Waals surface area contributed by atoms with Gasteiger partial charge in [0.05, 0.1) is 31.3 Å². The molecule has 1 aliphatic carbocycles. The molecule has 1 rings (SSSR count). The standard InChI is InChI=1S/C35H61O11P/c1-3-5-7-8-9-10-11-12-13-14-16-22-35(40)46-29(27-45-47(41,42)43)26-44-34(39)21-18-17-20-30-31(33(38)25-32(30)37)24-23-28(36)19-15-6-4-2/h8-9,17-18,23-24,28-33,36-38H,3-7,10-16,19-22,25-27H2,1-2H3,(H2,41,42,43)/b9-8-,18-17-,24-23+/t28-,29-,30+,31-,32+,33-/m1/s1. The first-order valence-electron chi connectivity index (χ1n) is 17.5. The van der Waals surface area contributed by atoms with Gasteiger partial charge in [-0.1, -0.05) is 102 Å². The van der Waals surface area contributed by atoms with Gasteiger partial charge in [-0.15, -0.1) is 0 Å². The lowest BCUT2D eigenvalue weighted by Crippen LogP contribution is -2.29. The Morgan fingerprint density at radius 1 is 0.830 bits per heavy atom. The molecule has 12 heteroatoms. The minimum atomic E-state index is -4.83. The summed E-state index contributed by atoms with van der Waals surface area (Å²) in [7, 11) is -4.83. The van der Waals surface area contributed by atoms with Crippen LogP contribution in [0, 0.1) is 11.8 Å². The number of aliphatic hydroxyl groups excluding tert-OH is 3. The van der Waals surface area contributed by atoms with Crippen LogP contribution in [0.5, 0.6) is 0 Å². The second-order valence-corrected chi connectivity index (χ2v) is 13.7. The van der Waals surface area contributed by atoms with E-state index in [9.17, 15) is 29.5 Å². The molecule has 1 fully saturated rings. The minimum Gasteiger partial charge on any atom is -0.461 e. The first-order valence-corrected chi connectivity index (χ1v) is 19.1. The maximum Gasteiger partial charge on any atom is 0.469 e. The number of allylic oxidation sites excluding steroid dienone is 3. The van der Waals surface area contributed by atoms with E-state index in [1.807, 2.05) is 0 Å². The van der Waals surface area contributed by atoms with Crippen molar-refractivity contribution in [3.8, 4) is 0 Å². The van der Waals surface area contributed by atoms with Crippen LogP contribution in [-0.4, -0.2) is 74.7 Å². The molecule has 0 saturated heterocycles. The Labute approximate surface area is 281 Å². The zero-order chi connectivity index (χ0) is 34.9. The van der Waals surface area contributed by atoms with E-state index in [1.165, 1.54) is 12.8 Å². The number of phosphoric ester groups is 1.